The molecule has 0 spiro atoms. The van der Waals surface area contributed by atoms with Crippen LogP contribution in [0.25, 0.3) is 0 Å². The molecule has 74 valence electrons. The monoisotopic (exact) mass is 189 g/mol. The van der Waals surface area contributed by atoms with Crippen LogP contribution in [-0.2, 0) is 6.42 Å². The molecule has 1 aromatic carbocycles. The Labute approximate surface area is 84.8 Å². The van der Waals surface area contributed by atoms with Crippen LogP contribution in [0.3, 0.4) is 0 Å². The number of rotatable bonds is 3. The highest BCUT2D eigenvalue weighted by molar-refractivity contribution is 5.37. The molecular formula is C12H15NO. The Bertz CT molecular complexity index is 336. The van der Waals surface area contributed by atoms with Crippen molar-refractivity contribution in [2.45, 2.75) is 12.8 Å². The predicted molar refractivity (Wildman–Crippen MR) is 57.8 cm³/mol. The molecule has 2 heteroatoms. The van der Waals surface area contributed by atoms with Crippen LogP contribution in [0.2, 0.25) is 0 Å². The topological polar surface area (TPSA) is 46.2 Å². The van der Waals surface area contributed by atoms with E-state index in [1.54, 1.807) is 0 Å². The van der Waals surface area contributed by atoms with E-state index in [-0.39, 0.29) is 6.61 Å². The first-order valence-corrected chi connectivity index (χ1v) is 4.75. The molecule has 0 heterocycles. The molecule has 14 heavy (non-hydrogen) atoms. The molecule has 2 nitrogen and oxygen atoms in total. The summed E-state index contributed by atoms with van der Waals surface area (Å²) in [7, 11) is 0. The Kier molecular flexibility index (Phi) is 4.77. The van der Waals surface area contributed by atoms with Crippen molar-refractivity contribution in [3.05, 3.63) is 35.4 Å². The van der Waals surface area contributed by atoms with E-state index in [1.165, 1.54) is 5.56 Å². The van der Waals surface area contributed by atoms with Crippen LogP contribution in [0.1, 0.15) is 17.5 Å². The number of aliphatic hydroxyl groups is 1. The number of hydrogen-bond acceptors (Lipinski definition) is 2. The third-order valence-corrected chi connectivity index (χ3v) is 1.83. The lowest BCUT2D eigenvalue weighted by atomic mass is 10.1. The van der Waals surface area contributed by atoms with E-state index < -0.39 is 0 Å². The molecule has 0 amide bonds. The highest BCUT2D eigenvalue weighted by atomic mass is 16.2. The third kappa shape index (κ3) is 3.61. The van der Waals surface area contributed by atoms with Gasteiger partial charge in [-0.25, -0.2) is 0 Å². The van der Waals surface area contributed by atoms with Crippen molar-refractivity contribution in [1.82, 2.24) is 0 Å². The van der Waals surface area contributed by atoms with E-state index in [9.17, 15) is 0 Å². The Balaban J connectivity index is 2.69. The maximum Gasteiger partial charge on any atom is 0.0540 e. The van der Waals surface area contributed by atoms with Gasteiger partial charge in [-0.3, -0.25) is 0 Å². The third-order valence-electron chi connectivity index (χ3n) is 1.83. The fourth-order valence-electron chi connectivity index (χ4n) is 1.19. The maximum absolute atomic E-state index is 8.56. The van der Waals surface area contributed by atoms with Gasteiger partial charge in [-0.15, -0.1) is 0 Å². The molecule has 0 aliphatic carbocycles. The van der Waals surface area contributed by atoms with Crippen molar-refractivity contribution >= 4 is 0 Å². The highest BCUT2D eigenvalue weighted by Gasteiger charge is 1.91. The van der Waals surface area contributed by atoms with Gasteiger partial charge >= 0.3 is 0 Å². The molecular weight excluding hydrogens is 174 g/mol. The van der Waals surface area contributed by atoms with E-state index >= 15 is 0 Å². The highest BCUT2D eigenvalue weighted by Crippen LogP contribution is 2.04. The lowest BCUT2D eigenvalue weighted by Crippen LogP contribution is -2.02. The van der Waals surface area contributed by atoms with Crippen LogP contribution in [0.4, 0.5) is 0 Å². The Morgan fingerprint density at radius 1 is 1.36 bits per heavy atom. The first-order chi connectivity index (χ1) is 6.86. The van der Waals surface area contributed by atoms with Gasteiger partial charge in [0, 0.05) is 12.0 Å². The molecule has 1 aromatic rings. The Morgan fingerprint density at radius 2 is 2.21 bits per heavy atom. The molecule has 1 rings (SSSR count). The summed E-state index contributed by atoms with van der Waals surface area (Å²) in [5, 5.41) is 8.56. The van der Waals surface area contributed by atoms with E-state index in [2.05, 4.69) is 11.8 Å². The maximum atomic E-state index is 8.56. The fraction of sp³-hybridized carbons (Fsp3) is 0.333. The molecule has 0 radical (unpaired) electrons. The summed E-state index contributed by atoms with van der Waals surface area (Å²) >= 11 is 0. The molecule has 0 aromatic heterocycles. The minimum atomic E-state index is 0.121. The molecule has 0 saturated carbocycles. The average Bonchev–Trinajstić information content (AvgIpc) is 2.19. The average molecular weight is 189 g/mol. The summed E-state index contributed by atoms with van der Waals surface area (Å²) in [5.41, 5.74) is 7.66. The van der Waals surface area contributed by atoms with Crippen LogP contribution in [0.5, 0.6) is 0 Å². The van der Waals surface area contributed by atoms with Gasteiger partial charge in [0.1, 0.15) is 0 Å². The molecule has 0 saturated heterocycles. The van der Waals surface area contributed by atoms with Crippen LogP contribution >= 0.6 is 0 Å². The molecule has 0 fully saturated rings. The second-order valence-electron chi connectivity index (χ2n) is 3.01. The van der Waals surface area contributed by atoms with Crippen molar-refractivity contribution in [1.29, 1.82) is 0 Å². The second-order valence-corrected chi connectivity index (χ2v) is 3.01. The number of aliphatic hydroxyl groups excluding tert-OH is 1. The number of nitrogens with two attached hydrogens (primary N) is 1. The summed E-state index contributed by atoms with van der Waals surface area (Å²) in [4.78, 5) is 0. The quantitative estimate of drug-likeness (QED) is 0.695. The smallest absolute Gasteiger partial charge is 0.0540 e. The van der Waals surface area contributed by atoms with Crippen LogP contribution in [-0.4, -0.2) is 18.3 Å². The van der Waals surface area contributed by atoms with Gasteiger partial charge < -0.3 is 10.8 Å². The van der Waals surface area contributed by atoms with E-state index in [4.69, 9.17) is 10.8 Å². The molecule has 0 aliphatic heterocycles. The molecule has 0 unspecified atom stereocenters. The van der Waals surface area contributed by atoms with Gasteiger partial charge in [0.05, 0.1) is 6.61 Å². The van der Waals surface area contributed by atoms with Gasteiger partial charge in [0.2, 0.25) is 0 Å². The molecule has 0 bridgehead atoms. The first kappa shape index (κ1) is 10.8. The molecule has 0 aliphatic rings. The second kappa shape index (κ2) is 6.20. The van der Waals surface area contributed by atoms with Crippen molar-refractivity contribution in [3.63, 3.8) is 0 Å². The van der Waals surface area contributed by atoms with E-state index in [1.807, 2.05) is 24.3 Å². The van der Waals surface area contributed by atoms with Crippen molar-refractivity contribution in [3.8, 4) is 11.8 Å². The number of hydrogen-bond donors (Lipinski definition) is 2. The predicted octanol–water partition coefficient (Wildman–Crippen LogP) is 0.922. The van der Waals surface area contributed by atoms with Gasteiger partial charge in [0.25, 0.3) is 0 Å². The van der Waals surface area contributed by atoms with E-state index in [0.29, 0.717) is 13.0 Å². The van der Waals surface area contributed by atoms with Crippen LogP contribution in [0, 0.1) is 11.8 Å². The summed E-state index contributed by atoms with van der Waals surface area (Å²) in [6, 6.07) is 8.03. The number of benzene rings is 1. The van der Waals surface area contributed by atoms with Gasteiger partial charge in [-0.05, 0) is 30.7 Å². The summed E-state index contributed by atoms with van der Waals surface area (Å²) in [6.45, 7) is 0.781. The van der Waals surface area contributed by atoms with Crippen LogP contribution < -0.4 is 5.73 Å². The zero-order chi connectivity index (χ0) is 10.2. The summed E-state index contributed by atoms with van der Waals surface area (Å²) in [6.07, 6.45) is 1.41. The van der Waals surface area contributed by atoms with Gasteiger partial charge in [-0.2, -0.15) is 0 Å². The standard InChI is InChI=1S/C12H15NO/c13-8-7-12-6-3-5-11(10-12)4-1-2-9-14/h3,5-6,10,14H,2,7-9,13H2. The SMILES string of the molecule is NCCc1cccc(C#CCCO)c1. The summed E-state index contributed by atoms with van der Waals surface area (Å²) < 4.78 is 0. The normalized spacial score (nSPS) is 9.29. The van der Waals surface area contributed by atoms with Crippen molar-refractivity contribution in [2.75, 3.05) is 13.2 Å². The minimum absolute atomic E-state index is 0.121. The fourth-order valence-corrected chi connectivity index (χ4v) is 1.19. The summed E-state index contributed by atoms with van der Waals surface area (Å²) in [5.74, 6) is 5.88. The van der Waals surface area contributed by atoms with Gasteiger partial charge in [0.15, 0.2) is 0 Å². The van der Waals surface area contributed by atoms with Crippen LogP contribution in [0.15, 0.2) is 24.3 Å². The first-order valence-electron chi connectivity index (χ1n) is 4.75. The Hall–Kier alpha value is -1.30. The Morgan fingerprint density at radius 3 is 2.93 bits per heavy atom. The van der Waals surface area contributed by atoms with Crippen molar-refractivity contribution in [2.24, 2.45) is 5.73 Å². The lowest BCUT2D eigenvalue weighted by Gasteiger charge is -1.98. The zero-order valence-corrected chi connectivity index (χ0v) is 8.16. The van der Waals surface area contributed by atoms with Crippen molar-refractivity contribution < 1.29 is 5.11 Å². The van der Waals surface area contributed by atoms with Gasteiger partial charge in [-0.1, -0.05) is 24.0 Å². The minimum Gasteiger partial charge on any atom is -0.395 e. The lowest BCUT2D eigenvalue weighted by molar-refractivity contribution is 0.305. The van der Waals surface area contributed by atoms with E-state index in [0.717, 1.165) is 12.0 Å². The largest absolute Gasteiger partial charge is 0.395 e. The molecule has 0 atom stereocenters. The zero-order valence-electron chi connectivity index (χ0n) is 8.16. The molecule has 3 N–H and O–H groups in total.